The SMILES string of the molecule is CC1CN(c2cc3c(cc2F)c(=O)c(C(=O)O)cn3-c2ccc(F)cc2F)CCN1C(=S)N(c1ccc([N+](=O)[O-])cc1)S(=O)(=O)c1ccc([N+](=O)[O-])cc1. The van der Waals surface area contributed by atoms with Crippen LogP contribution < -0.4 is 14.6 Å². The molecule has 1 unspecified atom stereocenters. The van der Waals surface area contributed by atoms with Crippen molar-refractivity contribution >= 4 is 67.0 Å². The van der Waals surface area contributed by atoms with Gasteiger partial charge in [-0.3, -0.25) is 25.0 Å². The first-order valence-electron chi connectivity index (χ1n) is 15.7. The van der Waals surface area contributed by atoms with E-state index in [9.17, 15) is 52.1 Å². The molecule has 54 heavy (non-hydrogen) atoms. The van der Waals surface area contributed by atoms with E-state index in [1.807, 2.05) is 0 Å². The molecule has 4 aromatic carbocycles. The number of aromatic nitrogens is 1. The standard InChI is InChI=1S/C34H25F3N6O9S2/c1-19-17-38(31-16-30-25(15-28(31)37)32(44)26(33(45)46)18-40(30)29-11-2-20(35)14-27(29)36)12-13-39(19)34(53)41(21-3-5-22(6-4-21)42(47)48)54(51,52)24-9-7-23(8-10-24)43(49)50/h2-11,14-16,18-19H,12-13,17H2,1H3,(H,45,46). The smallest absolute Gasteiger partial charge is 0.341 e. The largest absolute Gasteiger partial charge is 0.477 e. The number of nitro benzene ring substituents is 2. The quantitative estimate of drug-likeness (QED) is 0.117. The van der Waals surface area contributed by atoms with Crippen molar-refractivity contribution in [2.24, 2.45) is 0 Å². The first-order chi connectivity index (χ1) is 25.5. The second kappa shape index (κ2) is 14.2. The molecule has 0 saturated carbocycles. The second-order valence-electron chi connectivity index (χ2n) is 12.0. The van der Waals surface area contributed by atoms with Gasteiger partial charge in [0.15, 0.2) is 5.11 Å². The molecule has 278 valence electrons. The Kier molecular flexibility index (Phi) is 9.82. The van der Waals surface area contributed by atoms with Crippen molar-refractivity contribution < 1.29 is 41.3 Å². The molecule has 1 fully saturated rings. The summed E-state index contributed by atoms with van der Waals surface area (Å²) in [6.07, 6.45) is 0.863. The predicted molar refractivity (Wildman–Crippen MR) is 193 cm³/mol. The minimum absolute atomic E-state index is 0.000931. The number of carbonyl (C=O) groups is 1. The molecule has 0 aliphatic carbocycles. The van der Waals surface area contributed by atoms with Gasteiger partial charge in [-0.05, 0) is 67.7 Å². The van der Waals surface area contributed by atoms with Crippen molar-refractivity contribution in [1.82, 2.24) is 9.47 Å². The number of rotatable bonds is 8. The molecule has 1 N–H and O–H groups in total. The van der Waals surface area contributed by atoms with E-state index >= 15 is 4.39 Å². The number of thiocarbonyl (C=S) groups is 1. The number of sulfonamides is 1. The molecule has 0 bridgehead atoms. The van der Waals surface area contributed by atoms with Crippen molar-refractivity contribution in [3.63, 3.8) is 0 Å². The molecule has 1 aliphatic heterocycles. The van der Waals surface area contributed by atoms with Crippen LogP contribution in [-0.4, -0.2) is 69.6 Å². The van der Waals surface area contributed by atoms with Gasteiger partial charge in [-0.25, -0.2) is 30.7 Å². The lowest BCUT2D eigenvalue weighted by Gasteiger charge is -2.44. The number of carboxylic acid groups (broad SMARTS) is 1. The number of hydrogen-bond donors (Lipinski definition) is 1. The second-order valence-corrected chi connectivity index (χ2v) is 14.2. The minimum Gasteiger partial charge on any atom is -0.477 e. The van der Waals surface area contributed by atoms with Crippen molar-refractivity contribution in [3.05, 3.63) is 139 Å². The first kappa shape index (κ1) is 37.4. The van der Waals surface area contributed by atoms with Gasteiger partial charge in [-0.1, -0.05) is 0 Å². The Morgan fingerprint density at radius 2 is 1.48 bits per heavy atom. The van der Waals surface area contributed by atoms with Gasteiger partial charge in [0.1, 0.15) is 23.0 Å². The molecular formula is C34H25F3N6O9S2. The maximum absolute atomic E-state index is 15.8. The van der Waals surface area contributed by atoms with Gasteiger partial charge < -0.3 is 19.5 Å². The molecule has 0 amide bonds. The normalized spacial score (nSPS) is 14.6. The van der Waals surface area contributed by atoms with Gasteiger partial charge in [0, 0.05) is 67.6 Å². The van der Waals surface area contributed by atoms with Crippen LogP contribution >= 0.6 is 12.2 Å². The first-order valence-corrected chi connectivity index (χ1v) is 17.5. The van der Waals surface area contributed by atoms with Crippen LogP contribution in [0.5, 0.6) is 0 Å². The number of fused-ring (bicyclic) bond motifs is 1. The predicted octanol–water partition coefficient (Wildman–Crippen LogP) is 5.61. The number of nitro groups is 2. The lowest BCUT2D eigenvalue weighted by Crippen LogP contribution is -2.58. The van der Waals surface area contributed by atoms with E-state index < -0.39 is 60.3 Å². The molecule has 2 heterocycles. The van der Waals surface area contributed by atoms with Gasteiger partial charge in [0.25, 0.3) is 21.4 Å². The molecule has 0 spiro atoms. The minimum atomic E-state index is -4.59. The van der Waals surface area contributed by atoms with Crippen LogP contribution in [-0.2, 0) is 10.0 Å². The number of non-ortho nitro benzene ring substituents is 2. The number of pyridine rings is 1. The Bertz CT molecular complexity index is 2550. The summed E-state index contributed by atoms with van der Waals surface area (Å²) in [7, 11) is -4.59. The Balaban J connectivity index is 1.37. The van der Waals surface area contributed by atoms with E-state index in [0.717, 1.165) is 69.7 Å². The van der Waals surface area contributed by atoms with Gasteiger partial charge in [-0.15, -0.1) is 0 Å². The van der Waals surface area contributed by atoms with E-state index in [4.69, 9.17) is 12.2 Å². The average molecular weight is 783 g/mol. The van der Waals surface area contributed by atoms with E-state index in [-0.39, 0.29) is 69.0 Å². The third kappa shape index (κ3) is 6.78. The van der Waals surface area contributed by atoms with E-state index in [2.05, 4.69) is 0 Å². The van der Waals surface area contributed by atoms with Crippen LogP contribution in [0.1, 0.15) is 17.3 Å². The van der Waals surface area contributed by atoms with E-state index in [0.29, 0.717) is 6.07 Å². The molecule has 1 saturated heterocycles. The zero-order chi connectivity index (χ0) is 39.2. The monoisotopic (exact) mass is 782 g/mol. The van der Waals surface area contributed by atoms with Crippen LogP contribution in [0, 0.1) is 37.7 Å². The topological polar surface area (TPSA) is 189 Å². The third-order valence-corrected chi connectivity index (χ3v) is 11.0. The van der Waals surface area contributed by atoms with Gasteiger partial charge in [-0.2, -0.15) is 0 Å². The summed E-state index contributed by atoms with van der Waals surface area (Å²) >= 11 is 5.73. The molecule has 5 aromatic rings. The Morgan fingerprint density at radius 3 is 2.04 bits per heavy atom. The summed E-state index contributed by atoms with van der Waals surface area (Å²) in [5.74, 6) is -4.57. The number of nitrogens with zero attached hydrogens (tertiary/aromatic N) is 6. The summed E-state index contributed by atoms with van der Waals surface area (Å²) in [5, 5.41) is 31.5. The molecular weight excluding hydrogens is 758 g/mol. The number of carboxylic acids is 1. The summed E-state index contributed by atoms with van der Waals surface area (Å²) in [6.45, 7) is 1.64. The summed E-state index contributed by atoms with van der Waals surface area (Å²) < 4.78 is 74.6. The van der Waals surface area contributed by atoms with Crippen LogP contribution in [0.3, 0.4) is 0 Å². The highest BCUT2D eigenvalue weighted by atomic mass is 32.2. The summed E-state index contributed by atoms with van der Waals surface area (Å²) in [6, 6.07) is 12.5. The van der Waals surface area contributed by atoms with Crippen LogP contribution in [0.15, 0.2) is 94.7 Å². The number of benzene rings is 4. The van der Waals surface area contributed by atoms with Gasteiger partial charge in [0.2, 0.25) is 5.43 Å². The zero-order valence-corrected chi connectivity index (χ0v) is 29.3. The number of anilines is 2. The van der Waals surface area contributed by atoms with Crippen molar-refractivity contribution in [2.45, 2.75) is 17.9 Å². The fourth-order valence-corrected chi connectivity index (χ4v) is 8.16. The maximum atomic E-state index is 15.8. The number of piperazine rings is 1. The van der Waals surface area contributed by atoms with E-state index in [1.54, 1.807) is 11.8 Å². The molecule has 1 aliphatic rings. The van der Waals surface area contributed by atoms with E-state index in [1.165, 1.54) is 23.1 Å². The number of aromatic carboxylic acids is 1. The van der Waals surface area contributed by atoms with Crippen LogP contribution in [0.25, 0.3) is 16.6 Å². The third-order valence-electron chi connectivity index (χ3n) is 8.74. The fraction of sp³-hybridized carbons (Fsp3) is 0.147. The lowest BCUT2D eigenvalue weighted by molar-refractivity contribution is -0.385. The number of halogens is 3. The molecule has 6 rings (SSSR count). The zero-order valence-electron chi connectivity index (χ0n) is 27.6. The van der Waals surface area contributed by atoms with Crippen molar-refractivity contribution in [2.75, 3.05) is 28.8 Å². The highest BCUT2D eigenvalue weighted by molar-refractivity contribution is 7.95. The Hall–Kier alpha value is -6.41. The van der Waals surface area contributed by atoms with Crippen molar-refractivity contribution in [3.8, 4) is 5.69 Å². The maximum Gasteiger partial charge on any atom is 0.341 e. The molecule has 15 nitrogen and oxygen atoms in total. The highest BCUT2D eigenvalue weighted by Crippen LogP contribution is 2.32. The molecule has 0 radical (unpaired) electrons. The highest BCUT2D eigenvalue weighted by Gasteiger charge is 2.36. The van der Waals surface area contributed by atoms with Gasteiger partial charge >= 0.3 is 5.97 Å². The Morgan fingerprint density at radius 1 is 0.889 bits per heavy atom. The lowest BCUT2D eigenvalue weighted by atomic mass is 10.1. The summed E-state index contributed by atoms with van der Waals surface area (Å²) in [5.41, 5.74) is -3.08. The fourth-order valence-electron chi connectivity index (χ4n) is 6.09. The molecule has 20 heteroatoms. The average Bonchev–Trinajstić information content (AvgIpc) is 3.12. The summed E-state index contributed by atoms with van der Waals surface area (Å²) in [4.78, 5) is 48.8. The van der Waals surface area contributed by atoms with Crippen LogP contribution in [0.2, 0.25) is 0 Å². The molecule has 1 atom stereocenters. The Labute approximate surface area is 308 Å². The van der Waals surface area contributed by atoms with Crippen molar-refractivity contribution in [1.29, 1.82) is 0 Å². The number of hydrogen-bond acceptors (Lipinski definition) is 10. The van der Waals surface area contributed by atoms with Gasteiger partial charge in [0.05, 0.1) is 37.3 Å². The molecule has 1 aromatic heterocycles. The van der Waals surface area contributed by atoms with Crippen LogP contribution in [0.4, 0.5) is 35.9 Å².